The van der Waals surface area contributed by atoms with Gasteiger partial charge in [-0.25, -0.2) is 13.1 Å². The van der Waals surface area contributed by atoms with Crippen molar-refractivity contribution in [2.75, 3.05) is 34.0 Å². The quantitative estimate of drug-likeness (QED) is 0.811. The van der Waals surface area contributed by atoms with Crippen LogP contribution in [0.4, 0.5) is 0 Å². The molecule has 1 aromatic carbocycles. The Balaban J connectivity index is 2.13. The summed E-state index contributed by atoms with van der Waals surface area (Å²) in [4.78, 5) is 0.167. The molecular formula is C13H18BrNO5S. The Morgan fingerprint density at radius 3 is 2.71 bits per heavy atom. The summed E-state index contributed by atoms with van der Waals surface area (Å²) < 4.78 is 43.6. The molecule has 1 atom stereocenters. The molecule has 2 rings (SSSR count). The Morgan fingerprint density at radius 2 is 2.19 bits per heavy atom. The minimum absolute atomic E-state index is 0.167. The average molecular weight is 380 g/mol. The molecule has 1 unspecified atom stereocenters. The summed E-state index contributed by atoms with van der Waals surface area (Å²) in [6, 6.07) is 4.60. The predicted octanol–water partition coefficient (Wildman–Crippen LogP) is 1.54. The van der Waals surface area contributed by atoms with E-state index in [1.165, 1.54) is 19.2 Å². The number of benzene rings is 1. The lowest BCUT2D eigenvalue weighted by molar-refractivity contribution is -0.0120. The molecule has 0 radical (unpaired) electrons. The van der Waals surface area contributed by atoms with Crippen molar-refractivity contribution in [1.29, 1.82) is 0 Å². The molecule has 6 nitrogen and oxygen atoms in total. The number of ether oxygens (including phenoxy) is 3. The molecule has 118 valence electrons. The molecule has 1 aliphatic rings. The minimum atomic E-state index is -3.61. The SMILES string of the molecule is COc1ccc(S(=O)(=O)NCC2(OC)CCOC2)cc1Br. The fraction of sp³-hybridized carbons (Fsp3) is 0.538. The third-order valence-electron chi connectivity index (χ3n) is 3.52. The molecule has 1 fully saturated rings. The summed E-state index contributed by atoms with van der Waals surface area (Å²) in [6.45, 7) is 1.14. The maximum absolute atomic E-state index is 12.3. The van der Waals surface area contributed by atoms with Crippen molar-refractivity contribution in [1.82, 2.24) is 4.72 Å². The second-order valence-corrected chi connectivity index (χ2v) is 7.43. The number of rotatable bonds is 6. The van der Waals surface area contributed by atoms with Gasteiger partial charge < -0.3 is 14.2 Å². The summed E-state index contributed by atoms with van der Waals surface area (Å²) in [7, 11) is -0.529. The first-order valence-corrected chi connectivity index (χ1v) is 8.66. The zero-order valence-corrected chi connectivity index (χ0v) is 14.3. The van der Waals surface area contributed by atoms with E-state index < -0.39 is 15.6 Å². The minimum Gasteiger partial charge on any atom is -0.496 e. The van der Waals surface area contributed by atoms with Gasteiger partial charge in [0, 0.05) is 26.7 Å². The van der Waals surface area contributed by atoms with Crippen LogP contribution in [-0.4, -0.2) is 48.0 Å². The van der Waals surface area contributed by atoms with Crippen molar-refractivity contribution in [3.63, 3.8) is 0 Å². The molecule has 8 heteroatoms. The van der Waals surface area contributed by atoms with Crippen LogP contribution in [0.1, 0.15) is 6.42 Å². The molecule has 1 N–H and O–H groups in total. The molecule has 1 aliphatic heterocycles. The fourth-order valence-corrected chi connectivity index (χ4v) is 3.92. The van der Waals surface area contributed by atoms with Crippen molar-refractivity contribution in [2.24, 2.45) is 0 Å². The summed E-state index contributed by atoms with van der Waals surface area (Å²) in [5, 5.41) is 0. The standard InChI is InChI=1S/C13H18BrNO5S/c1-18-12-4-3-10(7-11(12)14)21(16,17)15-8-13(19-2)5-6-20-9-13/h3-4,7,15H,5-6,8-9H2,1-2H3. The maximum atomic E-state index is 12.3. The topological polar surface area (TPSA) is 73.9 Å². The molecular weight excluding hydrogens is 362 g/mol. The Kier molecular flexibility index (Phi) is 5.26. The van der Waals surface area contributed by atoms with E-state index in [4.69, 9.17) is 14.2 Å². The monoisotopic (exact) mass is 379 g/mol. The third-order valence-corrected chi connectivity index (χ3v) is 5.54. The highest BCUT2D eigenvalue weighted by molar-refractivity contribution is 9.10. The van der Waals surface area contributed by atoms with Crippen LogP contribution < -0.4 is 9.46 Å². The normalized spacial score (nSPS) is 22.4. The van der Waals surface area contributed by atoms with Crippen LogP contribution >= 0.6 is 15.9 Å². The Labute approximate surface area is 132 Å². The molecule has 0 bridgehead atoms. The first-order chi connectivity index (χ1) is 9.92. The van der Waals surface area contributed by atoms with E-state index in [1.807, 2.05) is 0 Å². The van der Waals surface area contributed by atoms with E-state index >= 15 is 0 Å². The van der Waals surface area contributed by atoms with Crippen LogP contribution in [0.3, 0.4) is 0 Å². The van der Waals surface area contributed by atoms with E-state index in [9.17, 15) is 8.42 Å². The van der Waals surface area contributed by atoms with Gasteiger partial charge in [-0.2, -0.15) is 0 Å². The third kappa shape index (κ3) is 3.75. The molecule has 1 saturated heterocycles. The Bertz CT molecular complexity index is 599. The van der Waals surface area contributed by atoms with E-state index in [2.05, 4.69) is 20.7 Å². The number of hydrogen-bond donors (Lipinski definition) is 1. The molecule has 0 spiro atoms. The van der Waals surface area contributed by atoms with Crippen LogP contribution in [0.25, 0.3) is 0 Å². The van der Waals surface area contributed by atoms with E-state index in [-0.39, 0.29) is 11.4 Å². The maximum Gasteiger partial charge on any atom is 0.240 e. The summed E-state index contributed by atoms with van der Waals surface area (Å²) in [5.74, 6) is 0.575. The van der Waals surface area contributed by atoms with E-state index in [0.717, 1.165) is 0 Å². The van der Waals surface area contributed by atoms with Gasteiger partial charge in [0.05, 0.1) is 23.1 Å². The lowest BCUT2D eigenvalue weighted by Crippen LogP contribution is -2.44. The average Bonchev–Trinajstić information content (AvgIpc) is 2.95. The number of nitrogens with one attached hydrogen (secondary N) is 1. The predicted molar refractivity (Wildman–Crippen MR) is 81.1 cm³/mol. The molecule has 0 saturated carbocycles. The van der Waals surface area contributed by atoms with Gasteiger partial charge in [-0.3, -0.25) is 0 Å². The summed E-state index contributed by atoms with van der Waals surface area (Å²) >= 11 is 3.28. The lowest BCUT2D eigenvalue weighted by Gasteiger charge is -2.25. The number of sulfonamides is 1. The molecule has 1 heterocycles. The molecule has 21 heavy (non-hydrogen) atoms. The van der Waals surface area contributed by atoms with Crippen molar-refractivity contribution < 1.29 is 22.6 Å². The van der Waals surface area contributed by atoms with Gasteiger partial charge in [0.25, 0.3) is 0 Å². The van der Waals surface area contributed by atoms with Gasteiger partial charge in [-0.15, -0.1) is 0 Å². The summed E-state index contributed by atoms with van der Waals surface area (Å²) in [5.41, 5.74) is -0.587. The van der Waals surface area contributed by atoms with Crippen molar-refractivity contribution in [2.45, 2.75) is 16.9 Å². The highest BCUT2D eigenvalue weighted by Gasteiger charge is 2.36. The largest absolute Gasteiger partial charge is 0.496 e. The second kappa shape index (κ2) is 6.62. The summed E-state index contributed by atoms with van der Waals surface area (Å²) in [6.07, 6.45) is 0.665. The van der Waals surface area contributed by atoms with Gasteiger partial charge in [0.1, 0.15) is 11.4 Å². The van der Waals surface area contributed by atoms with Crippen LogP contribution in [0.2, 0.25) is 0 Å². The van der Waals surface area contributed by atoms with Crippen LogP contribution in [0.15, 0.2) is 27.6 Å². The zero-order valence-electron chi connectivity index (χ0n) is 11.9. The van der Waals surface area contributed by atoms with Gasteiger partial charge in [-0.1, -0.05) is 0 Å². The number of methoxy groups -OCH3 is 2. The van der Waals surface area contributed by atoms with Gasteiger partial charge >= 0.3 is 0 Å². The van der Waals surface area contributed by atoms with Gasteiger partial charge in [0.2, 0.25) is 10.0 Å². The van der Waals surface area contributed by atoms with Crippen molar-refractivity contribution in [3.05, 3.63) is 22.7 Å². The van der Waals surface area contributed by atoms with E-state index in [0.29, 0.717) is 29.9 Å². The second-order valence-electron chi connectivity index (χ2n) is 4.81. The van der Waals surface area contributed by atoms with Crippen LogP contribution in [0.5, 0.6) is 5.75 Å². The molecule has 0 aromatic heterocycles. The highest BCUT2D eigenvalue weighted by atomic mass is 79.9. The zero-order chi connectivity index (χ0) is 15.5. The molecule has 0 aliphatic carbocycles. The highest BCUT2D eigenvalue weighted by Crippen LogP contribution is 2.28. The van der Waals surface area contributed by atoms with Crippen LogP contribution in [0, 0.1) is 0 Å². The van der Waals surface area contributed by atoms with Crippen LogP contribution in [-0.2, 0) is 19.5 Å². The lowest BCUT2D eigenvalue weighted by atomic mass is 10.0. The van der Waals surface area contributed by atoms with E-state index in [1.54, 1.807) is 13.2 Å². The molecule has 0 amide bonds. The fourth-order valence-electron chi connectivity index (χ4n) is 2.09. The first kappa shape index (κ1) is 16.7. The van der Waals surface area contributed by atoms with Crippen molar-refractivity contribution in [3.8, 4) is 5.75 Å². The van der Waals surface area contributed by atoms with Gasteiger partial charge in [-0.05, 0) is 34.1 Å². The number of hydrogen-bond acceptors (Lipinski definition) is 5. The Hall–Kier alpha value is -0.670. The Morgan fingerprint density at radius 1 is 1.43 bits per heavy atom. The van der Waals surface area contributed by atoms with Gasteiger partial charge in [0.15, 0.2) is 0 Å². The smallest absolute Gasteiger partial charge is 0.240 e. The number of halogens is 1. The van der Waals surface area contributed by atoms with Crippen molar-refractivity contribution >= 4 is 26.0 Å². The first-order valence-electron chi connectivity index (χ1n) is 6.38. The molecule has 1 aromatic rings.